The van der Waals surface area contributed by atoms with E-state index in [2.05, 4.69) is 4.98 Å². The lowest BCUT2D eigenvalue weighted by atomic mass is 10.0. The first-order chi connectivity index (χ1) is 8.11. The SMILES string of the molecule is N#Cc1ccc2c(CC(N)C(=O)O)c[nH]c2c1. The number of carbonyl (C=O) groups is 1. The van der Waals surface area contributed by atoms with Gasteiger partial charge in [0, 0.05) is 23.5 Å². The van der Waals surface area contributed by atoms with Crippen LogP contribution in [0, 0.1) is 11.3 Å². The molecule has 0 saturated carbocycles. The molecule has 0 radical (unpaired) electrons. The van der Waals surface area contributed by atoms with E-state index in [9.17, 15) is 4.79 Å². The number of benzene rings is 1. The molecule has 0 saturated heterocycles. The molecule has 0 spiro atoms. The van der Waals surface area contributed by atoms with Gasteiger partial charge in [-0.15, -0.1) is 0 Å². The van der Waals surface area contributed by atoms with Gasteiger partial charge in [0.15, 0.2) is 0 Å². The van der Waals surface area contributed by atoms with Gasteiger partial charge >= 0.3 is 5.97 Å². The van der Waals surface area contributed by atoms with Gasteiger partial charge in [-0.2, -0.15) is 5.26 Å². The number of aromatic amines is 1. The fourth-order valence-corrected chi connectivity index (χ4v) is 1.75. The Morgan fingerprint density at radius 1 is 1.59 bits per heavy atom. The maximum Gasteiger partial charge on any atom is 0.320 e. The molecule has 1 aromatic heterocycles. The van der Waals surface area contributed by atoms with Crippen LogP contribution in [0.25, 0.3) is 10.9 Å². The van der Waals surface area contributed by atoms with Gasteiger partial charge in [0.2, 0.25) is 0 Å². The number of nitrogens with one attached hydrogen (secondary N) is 1. The predicted octanol–water partition coefficient (Wildman–Crippen LogP) is 0.994. The Morgan fingerprint density at radius 3 is 3.00 bits per heavy atom. The minimum atomic E-state index is -1.02. The number of rotatable bonds is 3. The van der Waals surface area contributed by atoms with Gasteiger partial charge < -0.3 is 15.8 Å². The van der Waals surface area contributed by atoms with E-state index < -0.39 is 12.0 Å². The zero-order valence-electron chi connectivity index (χ0n) is 8.97. The van der Waals surface area contributed by atoms with Crippen LogP contribution < -0.4 is 5.73 Å². The van der Waals surface area contributed by atoms with Crippen molar-refractivity contribution >= 4 is 16.9 Å². The zero-order chi connectivity index (χ0) is 12.4. The number of H-pyrrole nitrogens is 1. The Bertz CT molecular complexity index is 610. The van der Waals surface area contributed by atoms with Crippen LogP contribution in [0.5, 0.6) is 0 Å². The molecule has 17 heavy (non-hydrogen) atoms. The number of nitrogens with zero attached hydrogens (tertiary/aromatic N) is 1. The fraction of sp³-hybridized carbons (Fsp3) is 0.167. The Kier molecular flexibility index (Phi) is 2.81. The van der Waals surface area contributed by atoms with Crippen LogP contribution in [0.1, 0.15) is 11.1 Å². The summed E-state index contributed by atoms with van der Waals surface area (Å²) in [5, 5.41) is 18.4. The molecule has 5 heteroatoms. The van der Waals surface area contributed by atoms with E-state index in [4.69, 9.17) is 16.1 Å². The molecule has 0 aliphatic rings. The van der Waals surface area contributed by atoms with Crippen molar-refractivity contribution in [3.05, 3.63) is 35.5 Å². The Labute approximate surface area is 97.5 Å². The number of hydrogen-bond acceptors (Lipinski definition) is 3. The molecule has 2 rings (SSSR count). The lowest BCUT2D eigenvalue weighted by Gasteiger charge is -2.04. The first kappa shape index (κ1) is 11.2. The third kappa shape index (κ3) is 2.12. The van der Waals surface area contributed by atoms with Crippen LogP contribution in [0.2, 0.25) is 0 Å². The second-order valence-electron chi connectivity index (χ2n) is 3.83. The molecule has 0 fully saturated rings. The van der Waals surface area contributed by atoms with Gasteiger partial charge in [-0.3, -0.25) is 4.79 Å². The first-order valence-electron chi connectivity index (χ1n) is 5.10. The number of fused-ring (bicyclic) bond motifs is 1. The van der Waals surface area contributed by atoms with Crippen molar-refractivity contribution < 1.29 is 9.90 Å². The number of aliphatic carboxylic acids is 1. The summed E-state index contributed by atoms with van der Waals surface area (Å²) in [5.41, 5.74) is 7.72. The monoisotopic (exact) mass is 229 g/mol. The highest BCUT2D eigenvalue weighted by molar-refractivity contribution is 5.85. The van der Waals surface area contributed by atoms with Crippen molar-refractivity contribution in [2.45, 2.75) is 12.5 Å². The van der Waals surface area contributed by atoms with Crippen LogP contribution in [0.4, 0.5) is 0 Å². The van der Waals surface area contributed by atoms with Gasteiger partial charge in [-0.1, -0.05) is 6.07 Å². The smallest absolute Gasteiger partial charge is 0.320 e. The van der Waals surface area contributed by atoms with E-state index in [-0.39, 0.29) is 6.42 Å². The van der Waals surface area contributed by atoms with Crippen molar-refractivity contribution in [3.8, 4) is 6.07 Å². The van der Waals surface area contributed by atoms with Gasteiger partial charge in [0.1, 0.15) is 6.04 Å². The average molecular weight is 229 g/mol. The topological polar surface area (TPSA) is 103 Å². The highest BCUT2D eigenvalue weighted by atomic mass is 16.4. The fourth-order valence-electron chi connectivity index (χ4n) is 1.75. The lowest BCUT2D eigenvalue weighted by molar-refractivity contribution is -0.138. The summed E-state index contributed by atoms with van der Waals surface area (Å²) in [5.74, 6) is -1.02. The van der Waals surface area contributed by atoms with Gasteiger partial charge in [0.05, 0.1) is 11.6 Å². The number of carboxylic acids is 1. The maximum atomic E-state index is 10.7. The van der Waals surface area contributed by atoms with Crippen molar-refractivity contribution in [1.29, 1.82) is 5.26 Å². The maximum absolute atomic E-state index is 10.7. The van der Waals surface area contributed by atoms with E-state index >= 15 is 0 Å². The summed E-state index contributed by atoms with van der Waals surface area (Å²) in [7, 11) is 0. The Morgan fingerprint density at radius 2 is 2.35 bits per heavy atom. The van der Waals surface area contributed by atoms with E-state index in [1.807, 2.05) is 6.07 Å². The summed E-state index contributed by atoms with van der Waals surface area (Å²) < 4.78 is 0. The molecule has 0 aliphatic carbocycles. The molecule has 1 heterocycles. The summed E-state index contributed by atoms with van der Waals surface area (Å²) in [6.07, 6.45) is 2.00. The molecule has 1 atom stereocenters. The van der Waals surface area contributed by atoms with Crippen LogP contribution >= 0.6 is 0 Å². The number of carboxylic acid groups (broad SMARTS) is 1. The third-order valence-corrected chi connectivity index (χ3v) is 2.65. The van der Waals surface area contributed by atoms with Crippen LogP contribution in [0.3, 0.4) is 0 Å². The van der Waals surface area contributed by atoms with Crippen LogP contribution in [-0.4, -0.2) is 22.1 Å². The minimum Gasteiger partial charge on any atom is -0.480 e. The Hall–Kier alpha value is -2.32. The van der Waals surface area contributed by atoms with Crippen molar-refractivity contribution in [1.82, 2.24) is 4.98 Å². The van der Waals surface area contributed by atoms with Gasteiger partial charge in [-0.05, 0) is 17.7 Å². The molecule has 0 amide bonds. The van der Waals surface area contributed by atoms with Crippen LogP contribution in [-0.2, 0) is 11.2 Å². The number of hydrogen-bond donors (Lipinski definition) is 3. The summed E-state index contributed by atoms with van der Waals surface area (Å²) in [4.78, 5) is 13.7. The molecular weight excluding hydrogens is 218 g/mol. The standard InChI is InChI=1S/C12H11N3O2/c13-5-7-1-2-9-8(4-10(14)12(16)17)6-15-11(9)3-7/h1-3,6,10,15H,4,14H2,(H,16,17). The molecular formula is C12H11N3O2. The molecule has 0 aliphatic heterocycles. The highest BCUT2D eigenvalue weighted by Crippen LogP contribution is 2.20. The molecule has 1 unspecified atom stereocenters. The van der Waals surface area contributed by atoms with Crippen LogP contribution in [0.15, 0.2) is 24.4 Å². The van der Waals surface area contributed by atoms with E-state index in [0.717, 1.165) is 16.5 Å². The number of nitriles is 1. The third-order valence-electron chi connectivity index (χ3n) is 2.65. The van der Waals surface area contributed by atoms with Gasteiger partial charge in [0.25, 0.3) is 0 Å². The molecule has 1 aromatic carbocycles. The normalized spacial score (nSPS) is 12.2. The summed E-state index contributed by atoms with van der Waals surface area (Å²) in [6, 6.07) is 6.36. The largest absolute Gasteiger partial charge is 0.480 e. The van der Waals surface area contributed by atoms with Crippen molar-refractivity contribution in [3.63, 3.8) is 0 Å². The quantitative estimate of drug-likeness (QED) is 0.730. The first-order valence-corrected chi connectivity index (χ1v) is 5.10. The zero-order valence-corrected chi connectivity index (χ0v) is 8.97. The van der Waals surface area contributed by atoms with Crippen molar-refractivity contribution in [2.24, 2.45) is 5.73 Å². The van der Waals surface area contributed by atoms with Crippen molar-refractivity contribution in [2.75, 3.05) is 0 Å². The Balaban J connectivity index is 2.37. The van der Waals surface area contributed by atoms with E-state index in [0.29, 0.717) is 5.56 Å². The molecule has 5 nitrogen and oxygen atoms in total. The predicted molar refractivity (Wildman–Crippen MR) is 62.3 cm³/mol. The molecule has 4 N–H and O–H groups in total. The van der Waals surface area contributed by atoms with E-state index in [1.165, 1.54) is 0 Å². The second kappa shape index (κ2) is 4.28. The molecule has 2 aromatic rings. The molecule has 0 bridgehead atoms. The average Bonchev–Trinajstić information content (AvgIpc) is 2.71. The number of nitrogens with two attached hydrogens (primary N) is 1. The van der Waals surface area contributed by atoms with E-state index in [1.54, 1.807) is 24.4 Å². The highest BCUT2D eigenvalue weighted by Gasteiger charge is 2.14. The summed E-state index contributed by atoms with van der Waals surface area (Å²) >= 11 is 0. The minimum absolute atomic E-state index is 0.265. The lowest BCUT2D eigenvalue weighted by Crippen LogP contribution is -2.32. The summed E-state index contributed by atoms with van der Waals surface area (Å²) in [6.45, 7) is 0. The number of aromatic nitrogens is 1. The van der Waals surface area contributed by atoms with Gasteiger partial charge in [-0.25, -0.2) is 0 Å². The molecule has 86 valence electrons. The second-order valence-corrected chi connectivity index (χ2v) is 3.83.